The molecular weight excluding hydrogens is 408 g/mol. The van der Waals surface area contributed by atoms with Crippen LogP contribution in [-0.4, -0.2) is 11.5 Å². The minimum atomic E-state index is -0.423. The molecule has 1 N–H and O–H groups in total. The Kier molecular flexibility index (Phi) is 4.04. The maximum absolute atomic E-state index is 13.0. The van der Waals surface area contributed by atoms with Gasteiger partial charge in [0.15, 0.2) is 0 Å². The van der Waals surface area contributed by atoms with Crippen LogP contribution in [0.3, 0.4) is 0 Å². The van der Waals surface area contributed by atoms with Crippen LogP contribution in [0.1, 0.15) is 28.7 Å². The van der Waals surface area contributed by atoms with Gasteiger partial charge in [0, 0.05) is 40.5 Å². The van der Waals surface area contributed by atoms with Gasteiger partial charge in [-0.25, -0.2) is 4.79 Å². The minimum Gasteiger partial charge on any atom is -0.493 e. The summed E-state index contributed by atoms with van der Waals surface area (Å²) in [4.78, 5) is 23.8. The number of ether oxygens (including phenoxy) is 1. The highest BCUT2D eigenvalue weighted by molar-refractivity contribution is 5.87. The summed E-state index contributed by atoms with van der Waals surface area (Å²) in [6.07, 6.45) is 0. The molecule has 3 aromatic carbocycles. The molecule has 2 aliphatic rings. The summed E-state index contributed by atoms with van der Waals surface area (Å²) >= 11 is 0. The Hall–Kier alpha value is -4.13. The average molecular weight is 426 g/mol. The fourth-order valence-corrected chi connectivity index (χ4v) is 5.08. The van der Waals surface area contributed by atoms with Crippen molar-refractivity contribution in [3.8, 4) is 5.75 Å². The second kappa shape index (κ2) is 6.95. The molecular formula is C25H18N2O5. The van der Waals surface area contributed by atoms with Crippen LogP contribution in [0.5, 0.6) is 5.75 Å². The fourth-order valence-electron chi connectivity index (χ4n) is 5.08. The first-order valence-corrected chi connectivity index (χ1v) is 10.4. The van der Waals surface area contributed by atoms with Crippen LogP contribution in [0, 0.1) is 16.0 Å². The first kappa shape index (κ1) is 18.6. The second-order valence-electron chi connectivity index (χ2n) is 8.14. The van der Waals surface area contributed by atoms with E-state index < -0.39 is 10.5 Å². The number of anilines is 1. The van der Waals surface area contributed by atoms with Crippen molar-refractivity contribution in [1.29, 1.82) is 0 Å². The SMILES string of the molecule is O=c1oc2ccccc2c2c1N[C@@H]1c3ccccc3OC[C@H]1[C@@H]2c1ccc([N+](=O)[O-])cc1. The van der Waals surface area contributed by atoms with Gasteiger partial charge in [-0.1, -0.05) is 48.5 Å². The Labute approximate surface area is 182 Å². The Bertz CT molecular complexity index is 1430. The van der Waals surface area contributed by atoms with Gasteiger partial charge < -0.3 is 14.5 Å². The Balaban J connectivity index is 1.62. The summed E-state index contributed by atoms with van der Waals surface area (Å²) in [7, 11) is 0. The first-order chi connectivity index (χ1) is 15.6. The largest absolute Gasteiger partial charge is 0.493 e. The number of benzene rings is 3. The van der Waals surface area contributed by atoms with E-state index >= 15 is 0 Å². The van der Waals surface area contributed by atoms with Gasteiger partial charge in [0.1, 0.15) is 17.0 Å². The zero-order valence-corrected chi connectivity index (χ0v) is 16.9. The van der Waals surface area contributed by atoms with E-state index in [2.05, 4.69) is 5.32 Å². The summed E-state index contributed by atoms with van der Waals surface area (Å²) in [5.74, 6) is 0.556. The summed E-state index contributed by atoms with van der Waals surface area (Å²) in [6, 6.07) is 21.7. The van der Waals surface area contributed by atoms with E-state index in [0.717, 1.165) is 27.8 Å². The van der Waals surface area contributed by atoms with Crippen molar-refractivity contribution in [2.45, 2.75) is 12.0 Å². The fraction of sp³-hybridized carbons (Fsp3) is 0.160. The van der Waals surface area contributed by atoms with Crippen molar-refractivity contribution in [1.82, 2.24) is 0 Å². The Morgan fingerprint density at radius 3 is 2.53 bits per heavy atom. The second-order valence-corrected chi connectivity index (χ2v) is 8.14. The molecule has 0 unspecified atom stereocenters. The number of nitro groups is 1. The lowest BCUT2D eigenvalue weighted by molar-refractivity contribution is -0.384. The molecule has 0 aliphatic carbocycles. The lowest BCUT2D eigenvalue weighted by Crippen LogP contribution is -2.40. The number of para-hydroxylation sites is 2. The van der Waals surface area contributed by atoms with E-state index in [9.17, 15) is 14.9 Å². The van der Waals surface area contributed by atoms with E-state index in [1.807, 2.05) is 42.5 Å². The molecule has 3 atom stereocenters. The van der Waals surface area contributed by atoms with Gasteiger partial charge in [0.2, 0.25) is 0 Å². The third-order valence-electron chi connectivity index (χ3n) is 6.47. The van der Waals surface area contributed by atoms with Crippen molar-refractivity contribution >= 4 is 22.3 Å². The summed E-state index contributed by atoms with van der Waals surface area (Å²) in [6.45, 7) is 0.449. The molecule has 158 valence electrons. The number of non-ortho nitro benzene ring substituents is 1. The monoisotopic (exact) mass is 426 g/mol. The maximum Gasteiger partial charge on any atom is 0.360 e. The number of hydrogen-bond donors (Lipinski definition) is 1. The Morgan fingerprint density at radius 1 is 0.969 bits per heavy atom. The highest BCUT2D eigenvalue weighted by Crippen LogP contribution is 2.52. The topological polar surface area (TPSA) is 94.6 Å². The Morgan fingerprint density at radius 2 is 1.72 bits per heavy atom. The van der Waals surface area contributed by atoms with Gasteiger partial charge in [0.25, 0.3) is 5.69 Å². The molecule has 4 aromatic rings. The third kappa shape index (κ3) is 2.71. The number of rotatable bonds is 2. The smallest absolute Gasteiger partial charge is 0.360 e. The van der Waals surface area contributed by atoms with Crippen LogP contribution >= 0.6 is 0 Å². The summed E-state index contributed by atoms with van der Waals surface area (Å²) in [5.41, 5.74) is 3.27. The third-order valence-corrected chi connectivity index (χ3v) is 6.47. The van der Waals surface area contributed by atoms with Gasteiger partial charge in [-0.15, -0.1) is 0 Å². The van der Waals surface area contributed by atoms with Crippen molar-refractivity contribution in [3.63, 3.8) is 0 Å². The van der Waals surface area contributed by atoms with Crippen LogP contribution in [0.25, 0.3) is 11.0 Å². The zero-order valence-electron chi connectivity index (χ0n) is 16.9. The zero-order chi connectivity index (χ0) is 21.8. The van der Waals surface area contributed by atoms with Crippen LogP contribution in [0.4, 0.5) is 11.4 Å². The number of fused-ring (bicyclic) bond motifs is 6. The predicted octanol–water partition coefficient (Wildman–Crippen LogP) is 5.01. The van der Waals surface area contributed by atoms with Crippen LogP contribution in [-0.2, 0) is 0 Å². The van der Waals surface area contributed by atoms with Crippen molar-refractivity contribution in [2.24, 2.45) is 5.92 Å². The summed E-state index contributed by atoms with van der Waals surface area (Å²) in [5, 5.41) is 15.5. The van der Waals surface area contributed by atoms with E-state index in [-0.39, 0.29) is 23.6 Å². The van der Waals surface area contributed by atoms with Crippen LogP contribution < -0.4 is 15.7 Å². The van der Waals surface area contributed by atoms with Crippen LogP contribution in [0.15, 0.2) is 82.0 Å². The predicted molar refractivity (Wildman–Crippen MR) is 119 cm³/mol. The molecule has 0 radical (unpaired) electrons. The van der Waals surface area contributed by atoms with Crippen molar-refractivity contribution in [3.05, 3.63) is 110 Å². The highest BCUT2D eigenvalue weighted by Gasteiger charge is 2.44. The van der Waals surface area contributed by atoms with Crippen molar-refractivity contribution < 1.29 is 14.1 Å². The van der Waals surface area contributed by atoms with Gasteiger partial charge in [-0.05, 0) is 17.7 Å². The maximum atomic E-state index is 13.0. The van der Waals surface area contributed by atoms with Gasteiger partial charge in [-0.3, -0.25) is 10.1 Å². The molecule has 32 heavy (non-hydrogen) atoms. The summed E-state index contributed by atoms with van der Waals surface area (Å²) < 4.78 is 11.7. The van der Waals surface area contributed by atoms with E-state index in [1.165, 1.54) is 12.1 Å². The lowest BCUT2D eigenvalue weighted by Gasteiger charge is -2.43. The van der Waals surface area contributed by atoms with E-state index in [4.69, 9.17) is 9.15 Å². The number of hydrogen-bond acceptors (Lipinski definition) is 6. The first-order valence-electron chi connectivity index (χ1n) is 10.4. The molecule has 0 amide bonds. The van der Waals surface area contributed by atoms with E-state index in [0.29, 0.717) is 17.9 Å². The molecule has 3 heterocycles. The normalized spacial score (nSPS) is 20.9. The molecule has 0 saturated heterocycles. The number of nitro benzene ring substituents is 1. The van der Waals surface area contributed by atoms with E-state index in [1.54, 1.807) is 18.2 Å². The minimum absolute atomic E-state index is 0.0240. The molecule has 7 heteroatoms. The molecule has 1 aromatic heterocycles. The lowest BCUT2D eigenvalue weighted by atomic mass is 9.71. The van der Waals surface area contributed by atoms with Gasteiger partial charge in [-0.2, -0.15) is 0 Å². The number of nitrogens with zero attached hydrogens (tertiary/aromatic N) is 1. The molecule has 0 spiro atoms. The molecule has 2 aliphatic heterocycles. The average Bonchev–Trinajstić information content (AvgIpc) is 2.83. The molecule has 0 bridgehead atoms. The molecule has 7 nitrogen and oxygen atoms in total. The van der Waals surface area contributed by atoms with Crippen molar-refractivity contribution in [2.75, 3.05) is 11.9 Å². The number of nitrogens with one attached hydrogen (secondary N) is 1. The van der Waals surface area contributed by atoms with Gasteiger partial charge in [0.05, 0.1) is 17.6 Å². The van der Waals surface area contributed by atoms with Gasteiger partial charge >= 0.3 is 5.63 Å². The quantitative estimate of drug-likeness (QED) is 0.275. The molecule has 0 fully saturated rings. The standard InChI is InChI=1S/C25H18N2O5/c28-25-24-22(16-5-1-4-8-20(16)32-25)21(14-9-11-15(12-10-14)27(29)30)18-13-31-19-7-3-2-6-17(19)23(18)26-24/h1-12,18,21,23,26H,13H2/t18-,21-,23+/m0/s1. The molecule has 6 rings (SSSR count). The molecule has 0 saturated carbocycles. The highest BCUT2D eigenvalue weighted by atomic mass is 16.6. The van der Waals surface area contributed by atoms with Crippen LogP contribution in [0.2, 0.25) is 0 Å².